The van der Waals surface area contributed by atoms with E-state index in [1.807, 2.05) is 56.3 Å². The Morgan fingerprint density at radius 1 is 0.850 bits per heavy atom. The van der Waals surface area contributed by atoms with E-state index in [-0.39, 0.29) is 0 Å². The van der Waals surface area contributed by atoms with Gasteiger partial charge in [0.25, 0.3) is 0 Å². The van der Waals surface area contributed by atoms with Gasteiger partial charge in [-0.1, -0.05) is 56.3 Å². The molecule has 7 nitrogen and oxygen atoms in total. The molecule has 2 fully saturated rings. The lowest BCUT2D eigenvalue weighted by molar-refractivity contribution is -0.0282. The first kappa shape index (κ1) is 26.2. The fourth-order valence-electron chi connectivity index (χ4n) is 6.05. The van der Waals surface area contributed by atoms with Gasteiger partial charge in [-0.05, 0) is 73.3 Å². The quantitative estimate of drug-likeness (QED) is 0.292. The van der Waals surface area contributed by atoms with Gasteiger partial charge in [0.2, 0.25) is 0 Å². The second-order valence-corrected chi connectivity index (χ2v) is 10.7. The Kier molecular flexibility index (Phi) is 7.32. The van der Waals surface area contributed by atoms with E-state index < -0.39 is 0 Å². The van der Waals surface area contributed by atoms with E-state index in [9.17, 15) is 0 Å². The Bertz CT molecular complexity index is 1580. The Balaban J connectivity index is 0.00000142. The highest BCUT2D eigenvalue weighted by Gasteiger charge is 2.42. The minimum Gasteiger partial charge on any atom is -0.383 e. The number of benzene rings is 2. The van der Waals surface area contributed by atoms with E-state index in [0.29, 0.717) is 11.2 Å². The molecular formula is C33H37N7. The highest BCUT2D eigenvalue weighted by molar-refractivity contribution is 5.84. The number of imidazole rings is 1. The molecule has 2 saturated heterocycles. The SMILES string of the molecule is CC.Nc1ncccc1-c1nc2ccc(-c3ccccc3)nc2n1-c1ccc(CN2CC3(CCNCC3)C2)cc1. The van der Waals surface area contributed by atoms with Crippen molar-refractivity contribution in [2.45, 2.75) is 33.2 Å². The number of nitrogens with two attached hydrogens (primary N) is 1. The normalized spacial score (nSPS) is 16.4. The number of nitrogen functional groups attached to an aromatic ring is 1. The summed E-state index contributed by atoms with van der Waals surface area (Å²) in [5.41, 5.74) is 13.6. The second kappa shape index (κ2) is 11.2. The molecule has 1 spiro atoms. The minimum atomic E-state index is 0.452. The van der Waals surface area contributed by atoms with E-state index in [4.69, 9.17) is 15.7 Å². The first-order valence-corrected chi connectivity index (χ1v) is 14.4. The number of aromatic nitrogens is 4. The second-order valence-electron chi connectivity index (χ2n) is 10.7. The van der Waals surface area contributed by atoms with Crippen LogP contribution in [0.3, 0.4) is 0 Å². The van der Waals surface area contributed by atoms with Crippen molar-refractivity contribution in [3.05, 3.63) is 90.6 Å². The van der Waals surface area contributed by atoms with E-state index in [1.165, 1.54) is 31.5 Å². The third-order valence-electron chi connectivity index (χ3n) is 8.04. The topological polar surface area (TPSA) is 84.9 Å². The molecule has 40 heavy (non-hydrogen) atoms. The van der Waals surface area contributed by atoms with Crippen LogP contribution in [0.2, 0.25) is 0 Å². The minimum absolute atomic E-state index is 0.452. The molecule has 0 amide bonds. The zero-order chi connectivity index (χ0) is 27.5. The first-order chi connectivity index (χ1) is 19.7. The Hall–Kier alpha value is -4.07. The van der Waals surface area contributed by atoms with Crippen LogP contribution in [-0.2, 0) is 6.54 Å². The number of likely N-dealkylation sites (tertiary alicyclic amines) is 1. The van der Waals surface area contributed by atoms with Crippen LogP contribution in [0, 0.1) is 5.41 Å². The largest absolute Gasteiger partial charge is 0.383 e. The van der Waals surface area contributed by atoms with Crippen LogP contribution >= 0.6 is 0 Å². The van der Waals surface area contributed by atoms with Crippen LogP contribution in [0.25, 0.3) is 39.5 Å². The molecule has 2 aliphatic heterocycles. The van der Waals surface area contributed by atoms with Crippen LogP contribution < -0.4 is 11.1 Å². The van der Waals surface area contributed by atoms with Gasteiger partial charge in [-0.3, -0.25) is 9.47 Å². The predicted molar refractivity (Wildman–Crippen MR) is 163 cm³/mol. The lowest BCUT2D eigenvalue weighted by Gasteiger charge is -2.52. The van der Waals surface area contributed by atoms with Gasteiger partial charge in [0.1, 0.15) is 11.3 Å². The van der Waals surface area contributed by atoms with Crippen LogP contribution in [0.4, 0.5) is 5.82 Å². The summed E-state index contributed by atoms with van der Waals surface area (Å²) < 4.78 is 2.10. The molecule has 5 heterocycles. The van der Waals surface area contributed by atoms with E-state index in [2.05, 4.69) is 56.2 Å². The number of anilines is 1. The molecule has 0 bridgehead atoms. The molecule has 3 aromatic heterocycles. The Morgan fingerprint density at radius 3 is 2.33 bits per heavy atom. The third kappa shape index (κ3) is 4.98. The van der Waals surface area contributed by atoms with Gasteiger partial charge in [0.05, 0.1) is 11.3 Å². The van der Waals surface area contributed by atoms with Gasteiger partial charge in [0, 0.05) is 37.1 Å². The molecule has 0 aliphatic carbocycles. The molecule has 0 saturated carbocycles. The van der Waals surface area contributed by atoms with Crippen LogP contribution in [0.1, 0.15) is 32.3 Å². The zero-order valence-corrected chi connectivity index (χ0v) is 23.3. The van der Waals surface area contributed by atoms with Crippen molar-refractivity contribution >= 4 is 17.0 Å². The van der Waals surface area contributed by atoms with Crippen molar-refractivity contribution < 1.29 is 0 Å². The lowest BCUT2D eigenvalue weighted by atomic mass is 9.72. The van der Waals surface area contributed by atoms with Crippen LogP contribution in [-0.4, -0.2) is 50.6 Å². The Labute approximate surface area is 236 Å². The van der Waals surface area contributed by atoms with Gasteiger partial charge < -0.3 is 11.1 Å². The fraction of sp³-hybridized carbons (Fsp3) is 0.303. The third-order valence-corrected chi connectivity index (χ3v) is 8.04. The number of piperidine rings is 1. The number of fused-ring (bicyclic) bond motifs is 1. The molecule has 3 N–H and O–H groups in total. The molecule has 2 aliphatic rings. The van der Waals surface area contributed by atoms with Crippen molar-refractivity contribution in [1.82, 2.24) is 29.7 Å². The summed E-state index contributed by atoms with van der Waals surface area (Å²) in [5.74, 6) is 1.19. The number of rotatable bonds is 5. The van der Waals surface area contributed by atoms with Crippen molar-refractivity contribution in [1.29, 1.82) is 0 Å². The molecule has 204 valence electrons. The molecule has 7 heteroatoms. The molecule has 0 unspecified atom stereocenters. The van der Waals surface area contributed by atoms with Crippen LogP contribution in [0.5, 0.6) is 0 Å². The molecular weight excluding hydrogens is 494 g/mol. The molecule has 5 aromatic rings. The van der Waals surface area contributed by atoms with Crippen molar-refractivity contribution in [3.8, 4) is 28.3 Å². The van der Waals surface area contributed by atoms with Gasteiger partial charge in [-0.25, -0.2) is 15.0 Å². The predicted octanol–water partition coefficient (Wildman–Crippen LogP) is 5.94. The first-order valence-electron chi connectivity index (χ1n) is 14.4. The van der Waals surface area contributed by atoms with Crippen molar-refractivity contribution in [3.63, 3.8) is 0 Å². The number of pyridine rings is 2. The number of nitrogens with zero attached hydrogens (tertiary/aromatic N) is 5. The maximum Gasteiger partial charge on any atom is 0.165 e. The highest BCUT2D eigenvalue weighted by Crippen LogP contribution is 2.39. The summed E-state index contributed by atoms with van der Waals surface area (Å²) in [5, 5.41) is 3.49. The van der Waals surface area contributed by atoms with Crippen molar-refractivity contribution in [2.75, 3.05) is 31.9 Å². The van der Waals surface area contributed by atoms with Gasteiger partial charge >= 0.3 is 0 Å². The molecule has 2 aromatic carbocycles. The maximum absolute atomic E-state index is 6.31. The number of nitrogens with one attached hydrogen (secondary N) is 1. The standard InChI is InChI=1S/C31H31N7.C2H6/c32-28-25(7-4-16-34-28)29-36-27-13-12-26(23-5-2-1-3-6-23)35-30(27)38(29)24-10-8-22(9-11-24)19-37-20-31(21-37)14-17-33-18-15-31;1-2/h1-13,16,33H,14-15,17-21H2,(H2,32,34);1-2H3. The fourth-order valence-corrected chi connectivity index (χ4v) is 6.05. The average Bonchev–Trinajstić information content (AvgIpc) is 3.37. The summed E-state index contributed by atoms with van der Waals surface area (Å²) in [4.78, 5) is 16.9. The molecule has 7 rings (SSSR count). The zero-order valence-electron chi connectivity index (χ0n) is 23.3. The molecule has 0 atom stereocenters. The number of hydrogen-bond donors (Lipinski definition) is 2. The maximum atomic E-state index is 6.31. The summed E-state index contributed by atoms with van der Waals surface area (Å²) in [6.45, 7) is 9.72. The monoisotopic (exact) mass is 531 g/mol. The van der Waals surface area contributed by atoms with Crippen LogP contribution in [0.15, 0.2) is 85.1 Å². The van der Waals surface area contributed by atoms with E-state index in [1.54, 1.807) is 6.20 Å². The lowest BCUT2D eigenvalue weighted by Crippen LogP contribution is -2.59. The van der Waals surface area contributed by atoms with Gasteiger partial charge in [0.15, 0.2) is 11.5 Å². The Morgan fingerprint density at radius 2 is 1.60 bits per heavy atom. The summed E-state index contributed by atoms with van der Waals surface area (Å²) in [6.07, 6.45) is 4.30. The highest BCUT2D eigenvalue weighted by atomic mass is 15.2. The summed E-state index contributed by atoms with van der Waals surface area (Å²) in [6, 6.07) is 26.9. The van der Waals surface area contributed by atoms with Gasteiger partial charge in [-0.2, -0.15) is 0 Å². The van der Waals surface area contributed by atoms with E-state index >= 15 is 0 Å². The van der Waals surface area contributed by atoms with Crippen molar-refractivity contribution in [2.24, 2.45) is 5.41 Å². The average molecular weight is 532 g/mol. The van der Waals surface area contributed by atoms with E-state index in [0.717, 1.165) is 59.1 Å². The summed E-state index contributed by atoms with van der Waals surface area (Å²) in [7, 11) is 0. The number of hydrogen-bond acceptors (Lipinski definition) is 6. The smallest absolute Gasteiger partial charge is 0.165 e. The molecule has 0 radical (unpaired) electrons. The van der Waals surface area contributed by atoms with Gasteiger partial charge in [-0.15, -0.1) is 0 Å². The summed E-state index contributed by atoms with van der Waals surface area (Å²) >= 11 is 0.